The first-order chi connectivity index (χ1) is 16.4. The van der Waals surface area contributed by atoms with Gasteiger partial charge in [0.25, 0.3) is 5.56 Å². The van der Waals surface area contributed by atoms with Gasteiger partial charge in [-0.25, -0.2) is 9.59 Å². The van der Waals surface area contributed by atoms with Crippen LogP contribution >= 0.6 is 0 Å². The molecule has 0 unspecified atom stereocenters. The van der Waals surface area contributed by atoms with E-state index in [1.165, 1.54) is 19.1 Å². The van der Waals surface area contributed by atoms with Gasteiger partial charge >= 0.3 is 11.7 Å². The summed E-state index contributed by atoms with van der Waals surface area (Å²) in [6.45, 7) is 1.42. The van der Waals surface area contributed by atoms with E-state index in [-0.39, 0.29) is 11.4 Å². The number of nitrogens with one attached hydrogen (secondary N) is 2. The summed E-state index contributed by atoms with van der Waals surface area (Å²) in [6.07, 6.45) is -6.15. The third-order valence-electron chi connectivity index (χ3n) is 5.73. The van der Waals surface area contributed by atoms with Crippen molar-refractivity contribution in [3.63, 3.8) is 0 Å². The molecule has 9 N–H and O–H groups in total. The van der Waals surface area contributed by atoms with Gasteiger partial charge in [-0.15, -0.1) is 0 Å². The molecule has 3 rings (SSSR count). The molecule has 1 aliphatic rings. The maximum absolute atomic E-state index is 12.7. The molecule has 0 aliphatic carbocycles. The van der Waals surface area contributed by atoms with Gasteiger partial charge in [-0.05, 0) is 12.1 Å². The summed E-state index contributed by atoms with van der Waals surface area (Å²) in [5, 5.41) is 52.3. The second-order valence-corrected chi connectivity index (χ2v) is 8.09. The third kappa shape index (κ3) is 5.39. The Kier molecular flexibility index (Phi) is 7.67. The molecule has 1 amide bonds. The molecule has 1 aliphatic heterocycles. The number of aliphatic hydroxyl groups is 3. The van der Waals surface area contributed by atoms with Crippen molar-refractivity contribution in [1.82, 2.24) is 19.9 Å². The van der Waals surface area contributed by atoms with Crippen LogP contribution in [0.4, 0.5) is 0 Å². The largest absolute Gasteiger partial charge is 0.506 e. The molecular formula is C20H25N5O10. The normalized spacial score (nSPS) is 25.4. The summed E-state index contributed by atoms with van der Waals surface area (Å²) < 4.78 is 6.16. The van der Waals surface area contributed by atoms with Gasteiger partial charge in [-0.3, -0.25) is 24.1 Å². The van der Waals surface area contributed by atoms with E-state index in [2.05, 4.69) is 10.3 Å². The van der Waals surface area contributed by atoms with Crippen molar-refractivity contribution in [3.8, 4) is 5.75 Å². The van der Waals surface area contributed by atoms with E-state index in [4.69, 9.17) is 10.5 Å². The number of hydrogen-bond acceptors (Lipinski definition) is 11. The number of carbonyl (C=O) groups excluding carboxylic acids is 1. The van der Waals surface area contributed by atoms with Gasteiger partial charge in [0.15, 0.2) is 12.3 Å². The van der Waals surface area contributed by atoms with E-state index in [9.17, 15) is 44.7 Å². The highest BCUT2D eigenvalue weighted by atomic mass is 16.6. The molecule has 0 saturated carbocycles. The highest BCUT2D eigenvalue weighted by molar-refractivity contribution is 5.87. The van der Waals surface area contributed by atoms with Crippen LogP contribution in [0.2, 0.25) is 0 Å². The van der Waals surface area contributed by atoms with Gasteiger partial charge in [0.05, 0.1) is 17.9 Å². The van der Waals surface area contributed by atoms with Crippen LogP contribution in [0, 0.1) is 5.92 Å². The van der Waals surface area contributed by atoms with E-state index in [1.54, 1.807) is 0 Å². The number of amides is 1. The number of ether oxygens (including phenoxy) is 1. The maximum Gasteiger partial charge on any atom is 0.330 e. The molecule has 0 spiro atoms. The minimum Gasteiger partial charge on any atom is -0.506 e. The number of aromatic hydroxyl groups is 1. The molecule has 15 heteroatoms. The molecule has 2 aromatic heterocycles. The number of hydrogen-bond donors (Lipinski definition) is 8. The van der Waals surface area contributed by atoms with Crippen LogP contribution < -0.4 is 22.3 Å². The van der Waals surface area contributed by atoms with Gasteiger partial charge in [-0.1, -0.05) is 6.92 Å². The molecule has 15 nitrogen and oxygen atoms in total. The van der Waals surface area contributed by atoms with E-state index in [0.29, 0.717) is 0 Å². The van der Waals surface area contributed by atoms with Crippen LogP contribution in [-0.2, 0) is 14.3 Å². The summed E-state index contributed by atoms with van der Waals surface area (Å²) in [4.78, 5) is 53.7. The van der Waals surface area contributed by atoms with Crippen LogP contribution in [0.3, 0.4) is 0 Å². The zero-order valence-electron chi connectivity index (χ0n) is 18.3. The number of nitrogens with zero attached hydrogens (tertiary/aromatic N) is 2. The van der Waals surface area contributed by atoms with E-state index < -0.39 is 71.8 Å². The van der Waals surface area contributed by atoms with Crippen molar-refractivity contribution in [3.05, 3.63) is 57.1 Å². The fourth-order valence-corrected chi connectivity index (χ4v) is 3.63. The second-order valence-electron chi connectivity index (χ2n) is 8.09. The quantitative estimate of drug-likeness (QED) is 0.178. The number of pyridine rings is 1. The number of carboxylic acids is 1. The van der Waals surface area contributed by atoms with Crippen molar-refractivity contribution in [1.29, 1.82) is 0 Å². The molecule has 190 valence electrons. The first-order valence-electron chi connectivity index (χ1n) is 10.4. The zero-order valence-corrected chi connectivity index (χ0v) is 18.3. The van der Waals surface area contributed by atoms with Gasteiger partial charge in [0.2, 0.25) is 5.91 Å². The fraction of sp³-hybridized carbons (Fsp3) is 0.450. The predicted octanol–water partition coefficient (Wildman–Crippen LogP) is -3.48. The number of nitrogens with two attached hydrogens (primary N) is 1. The number of H-pyrrole nitrogens is 1. The molecular weight excluding hydrogens is 470 g/mol. The summed E-state index contributed by atoms with van der Waals surface area (Å²) in [6, 6.07) is 0.215. The van der Waals surface area contributed by atoms with Crippen LogP contribution in [0.25, 0.3) is 0 Å². The number of aliphatic carboxylic acids is 1. The van der Waals surface area contributed by atoms with Crippen molar-refractivity contribution < 1.29 is 39.9 Å². The number of aromatic nitrogens is 3. The molecule has 2 aromatic rings. The topological polar surface area (TPSA) is 250 Å². The summed E-state index contributed by atoms with van der Waals surface area (Å²) in [5.74, 6) is -3.75. The number of carbonyl (C=O) groups is 2. The first kappa shape index (κ1) is 26.0. The van der Waals surface area contributed by atoms with Crippen molar-refractivity contribution in [2.24, 2.45) is 11.7 Å². The Morgan fingerprint density at radius 1 is 1.23 bits per heavy atom. The van der Waals surface area contributed by atoms with Crippen molar-refractivity contribution in [2.45, 2.75) is 49.7 Å². The molecule has 0 bridgehead atoms. The monoisotopic (exact) mass is 495 g/mol. The Hall–Kier alpha value is -3.63. The third-order valence-corrected chi connectivity index (χ3v) is 5.73. The lowest BCUT2D eigenvalue weighted by Crippen LogP contribution is -2.57. The second kappa shape index (κ2) is 10.3. The number of aromatic amines is 1. The molecule has 0 aromatic carbocycles. The molecule has 35 heavy (non-hydrogen) atoms. The highest BCUT2D eigenvalue weighted by Gasteiger charge is 2.50. The minimum atomic E-state index is -1.90. The zero-order chi connectivity index (χ0) is 26.0. The number of rotatable bonds is 8. The molecule has 1 saturated heterocycles. The molecule has 0 radical (unpaired) electrons. The Labute approximate surface area is 196 Å². The first-order valence-corrected chi connectivity index (χ1v) is 10.4. The minimum absolute atomic E-state index is 0.111. The van der Waals surface area contributed by atoms with Gasteiger partial charge in [0, 0.05) is 18.2 Å². The van der Waals surface area contributed by atoms with E-state index in [1.807, 2.05) is 4.98 Å². The van der Waals surface area contributed by atoms with Gasteiger partial charge in [-0.2, -0.15) is 0 Å². The molecule has 3 heterocycles. The van der Waals surface area contributed by atoms with Crippen molar-refractivity contribution in [2.75, 3.05) is 0 Å². The Balaban J connectivity index is 1.76. The van der Waals surface area contributed by atoms with Crippen LogP contribution in [-0.4, -0.2) is 82.3 Å². The molecule has 1 fully saturated rings. The van der Waals surface area contributed by atoms with Crippen LogP contribution in [0.1, 0.15) is 24.9 Å². The van der Waals surface area contributed by atoms with Crippen LogP contribution in [0.5, 0.6) is 5.75 Å². The van der Waals surface area contributed by atoms with Gasteiger partial charge in [0.1, 0.15) is 30.2 Å². The summed E-state index contributed by atoms with van der Waals surface area (Å²) in [7, 11) is 0. The predicted molar refractivity (Wildman–Crippen MR) is 115 cm³/mol. The van der Waals surface area contributed by atoms with Gasteiger partial charge < -0.3 is 41.3 Å². The smallest absolute Gasteiger partial charge is 0.330 e. The molecule has 8 atom stereocenters. The summed E-state index contributed by atoms with van der Waals surface area (Å²) in [5.41, 5.74) is 4.33. The standard InChI is InChI=1S/C20H25N5O10/c1-7(13(28)9-3-2-8(26)6-22-9)11(21)17(31)24-12(19(32)33)16-14(29)15(30)18(35-16)25-5-4-10(27)23-20(25)34/h2-7,11-16,18,26,28-30H,21H2,1H3,(H,24,31)(H,32,33)(H,23,27,34)/t7-,11-,12-,13-,14-,15+,16+,18+/m1/s1. The number of aliphatic hydroxyl groups excluding tert-OH is 3. The fourth-order valence-electron chi connectivity index (χ4n) is 3.63. The average molecular weight is 495 g/mol. The number of carboxylic acid groups (broad SMARTS) is 1. The van der Waals surface area contributed by atoms with Crippen molar-refractivity contribution >= 4 is 11.9 Å². The average Bonchev–Trinajstić information content (AvgIpc) is 3.10. The van der Waals surface area contributed by atoms with E-state index >= 15 is 0 Å². The Bertz CT molecular complexity index is 1180. The van der Waals surface area contributed by atoms with E-state index in [0.717, 1.165) is 23.0 Å². The lowest BCUT2D eigenvalue weighted by molar-refractivity contribution is -0.149. The lowest BCUT2D eigenvalue weighted by Gasteiger charge is -2.28. The Morgan fingerprint density at radius 3 is 2.49 bits per heavy atom. The lowest BCUT2D eigenvalue weighted by atomic mass is 9.92. The Morgan fingerprint density at radius 2 is 1.91 bits per heavy atom. The SMILES string of the molecule is C[C@H]([C@@H](N)C(=O)N[C@@H](C(=O)O)[C@@H]1O[C@H](n2ccc(=O)[nH]c2=O)[C@@H](O)[C@H]1O)[C@@H](O)c1ccc(O)cn1. The highest BCUT2D eigenvalue weighted by Crippen LogP contribution is 2.30. The maximum atomic E-state index is 12.7. The van der Waals surface area contributed by atoms with Crippen LogP contribution in [0.15, 0.2) is 40.2 Å². The summed E-state index contributed by atoms with van der Waals surface area (Å²) >= 11 is 0.